The van der Waals surface area contributed by atoms with E-state index in [0.29, 0.717) is 5.65 Å². The van der Waals surface area contributed by atoms with Crippen LogP contribution < -0.4 is 10.3 Å². The van der Waals surface area contributed by atoms with Gasteiger partial charge in [-0.25, -0.2) is 9.07 Å². The molecule has 0 N–H and O–H groups in total. The molecule has 3 aromatic rings. The molecule has 0 atom stereocenters. The van der Waals surface area contributed by atoms with E-state index in [1.54, 1.807) is 7.05 Å². The maximum Gasteiger partial charge on any atom is 0.285 e. The van der Waals surface area contributed by atoms with Gasteiger partial charge in [-0.3, -0.25) is 4.79 Å². The molecule has 2 aromatic heterocycles. The molecule has 118 valence electrons. The van der Waals surface area contributed by atoms with Gasteiger partial charge >= 0.3 is 0 Å². The normalized spacial score (nSPS) is 10.9. The van der Waals surface area contributed by atoms with Crippen molar-refractivity contribution in [2.75, 3.05) is 6.61 Å². The van der Waals surface area contributed by atoms with E-state index in [0.717, 1.165) is 10.7 Å². The van der Waals surface area contributed by atoms with Crippen LogP contribution in [0.25, 0.3) is 16.7 Å². The molecule has 1 aromatic carbocycles. The SMILES string of the molecule is C=CCOc1cc(-n2nnc3c(cnn3C)c2=O)c(F)cc1Cl. The van der Waals surface area contributed by atoms with Crippen molar-refractivity contribution in [2.24, 2.45) is 7.05 Å². The maximum atomic E-state index is 14.2. The third-order valence-electron chi connectivity index (χ3n) is 3.15. The molecule has 0 saturated carbocycles. The van der Waals surface area contributed by atoms with Gasteiger partial charge < -0.3 is 4.74 Å². The summed E-state index contributed by atoms with van der Waals surface area (Å²) in [6, 6.07) is 2.34. The summed E-state index contributed by atoms with van der Waals surface area (Å²) >= 11 is 5.93. The molecule has 0 spiro atoms. The Labute approximate surface area is 134 Å². The highest BCUT2D eigenvalue weighted by molar-refractivity contribution is 6.32. The molecule has 0 radical (unpaired) electrons. The Balaban J connectivity index is 2.20. The van der Waals surface area contributed by atoms with E-state index in [1.165, 1.54) is 23.0 Å². The van der Waals surface area contributed by atoms with Gasteiger partial charge in [0, 0.05) is 13.1 Å². The number of hydrogen-bond donors (Lipinski definition) is 0. The first-order valence-electron chi connectivity index (χ1n) is 6.53. The van der Waals surface area contributed by atoms with Crippen molar-refractivity contribution in [3.8, 4) is 11.4 Å². The second-order valence-electron chi connectivity index (χ2n) is 4.65. The van der Waals surface area contributed by atoms with Crippen LogP contribution in [0.4, 0.5) is 4.39 Å². The zero-order valence-corrected chi connectivity index (χ0v) is 12.8. The first kappa shape index (κ1) is 15.2. The number of benzene rings is 1. The molecule has 23 heavy (non-hydrogen) atoms. The van der Waals surface area contributed by atoms with Gasteiger partial charge in [-0.15, -0.1) is 5.10 Å². The number of halogens is 2. The van der Waals surface area contributed by atoms with E-state index in [9.17, 15) is 9.18 Å². The molecule has 0 aliphatic heterocycles. The highest BCUT2D eigenvalue weighted by Gasteiger charge is 2.16. The number of fused-ring (bicyclic) bond motifs is 1. The molecule has 0 amide bonds. The summed E-state index contributed by atoms with van der Waals surface area (Å²) in [5.74, 6) is -0.511. The van der Waals surface area contributed by atoms with Gasteiger partial charge in [-0.05, 0) is 6.07 Å². The summed E-state index contributed by atoms with van der Waals surface area (Å²) in [5.41, 5.74) is -0.348. The van der Waals surface area contributed by atoms with E-state index in [-0.39, 0.29) is 28.5 Å². The maximum absolute atomic E-state index is 14.2. The third kappa shape index (κ3) is 2.57. The van der Waals surface area contributed by atoms with Gasteiger partial charge in [-0.1, -0.05) is 29.5 Å². The van der Waals surface area contributed by atoms with Gasteiger partial charge in [-0.2, -0.15) is 9.78 Å². The van der Waals surface area contributed by atoms with Crippen LogP contribution in [0.3, 0.4) is 0 Å². The van der Waals surface area contributed by atoms with Gasteiger partial charge in [0.25, 0.3) is 5.56 Å². The van der Waals surface area contributed by atoms with E-state index < -0.39 is 11.4 Å². The fourth-order valence-corrected chi connectivity index (χ4v) is 2.24. The summed E-state index contributed by atoms with van der Waals surface area (Å²) in [6.45, 7) is 3.71. The number of hydrogen-bond acceptors (Lipinski definition) is 5. The standard InChI is InChI=1S/C14H11ClFN5O2/c1-3-4-23-12-6-11(10(16)5-9(12)15)21-14(22)8-7-17-20(2)13(8)18-19-21/h3,5-7H,1,4H2,2H3. The molecular weight excluding hydrogens is 325 g/mol. The van der Waals surface area contributed by atoms with Gasteiger partial charge in [0.1, 0.15) is 23.4 Å². The number of aryl methyl sites for hydroxylation is 1. The number of aromatic nitrogens is 5. The van der Waals surface area contributed by atoms with Crippen LogP contribution >= 0.6 is 11.6 Å². The Bertz CT molecular complexity index is 966. The Morgan fingerprint density at radius 3 is 3.00 bits per heavy atom. The molecule has 2 heterocycles. The smallest absolute Gasteiger partial charge is 0.285 e. The summed E-state index contributed by atoms with van der Waals surface area (Å²) in [5, 5.41) is 11.9. The lowest BCUT2D eigenvalue weighted by Gasteiger charge is -2.10. The lowest BCUT2D eigenvalue weighted by atomic mass is 10.2. The Hall–Kier alpha value is -2.74. The zero-order valence-electron chi connectivity index (χ0n) is 12.0. The third-order valence-corrected chi connectivity index (χ3v) is 3.44. The highest BCUT2D eigenvalue weighted by atomic mass is 35.5. The fourth-order valence-electron chi connectivity index (χ4n) is 2.04. The van der Waals surface area contributed by atoms with Crippen molar-refractivity contribution in [3.63, 3.8) is 0 Å². The predicted molar refractivity (Wildman–Crippen MR) is 82.6 cm³/mol. The van der Waals surface area contributed by atoms with Gasteiger partial charge in [0.05, 0.1) is 11.2 Å². The first-order valence-corrected chi connectivity index (χ1v) is 6.91. The van der Waals surface area contributed by atoms with Crippen LogP contribution in [-0.2, 0) is 7.05 Å². The Morgan fingerprint density at radius 2 is 2.26 bits per heavy atom. The molecule has 7 nitrogen and oxygen atoms in total. The summed E-state index contributed by atoms with van der Waals surface area (Å²) in [7, 11) is 1.63. The van der Waals surface area contributed by atoms with Crippen molar-refractivity contribution in [2.45, 2.75) is 0 Å². The predicted octanol–water partition coefficient (Wildman–Crippen LogP) is 1.87. The van der Waals surface area contributed by atoms with E-state index >= 15 is 0 Å². The molecule has 9 heteroatoms. The van der Waals surface area contributed by atoms with Crippen LogP contribution in [0, 0.1) is 5.82 Å². The molecule has 3 rings (SSSR count). The second-order valence-corrected chi connectivity index (χ2v) is 5.05. The lowest BCUT2D eigenvalue weighted by Crippen LogP contribution is -2.23. The molecule has 0 aliphatic carbocycles. The van der Waals surface area contributed by atoms with Crippen LogP contribution in [0.5, 0.6) is 5.75 Å². The van der Waals surface area contributed by atoms with Crippen molar-refractivity contribution in [1.82, 2.24) is 24.8 Å². The largest absolute Gasteiger partial charge is 0.488 e. The molecular formula is C14H11ClFN5O2. The minimum Gasteiger partial charge on any atom is -0.488 e. The van der Waals surface area contributed by atoms with E-state index in [2.05, 4.69) is 22.0 Å². The van der Waals surface area contributed by atoms with Crippen LogP contribution in [-0.4, -0.2) is 31.4 Å². The highest BCUT2D eigenvalue weighted by Crippen LogP contribution is 2.29. The van der Waals surface area contributed by atoms with E-state index in [4.69, 9.17) is 16.3 Å². The molecule has 0 fully saturated rings. The fraction of sp³-hybridized carbons (Fsp3) is 0.143. The number of nitrogens with zero attached hydrogens (tertiary/aromatic N) is 5. The Kier molecular flexibility index (Phi) is 3.83. The number of ether oxygens (including phenoxy) is 1. The zero-order chi connectivity index (χ0) is 16.6. The molecule has 0 unspecified atom stereocenters. The second kappa shape index (κ2) is 5.81. The lowest BCUT2D eigenvalue weighted by molar-refractivity contribution is 0.362. The summed E-state index contributed by atoms with van der Waals surface area (Å²) in [6.07, 6.45) is 2.87. The summed E-state index contributed by atoms with van der Waals surface area (Å²) < 4.78 is 21.8. The average Bonchev–Trinajstić information content (AvgIpc) is 2.90. The molecule has 0 bridgehead atoms. The molecule has 0 saturated heterocycles. The Morgan fingerprint density at radius 1 is 1.48 bits per heavy atom. The molecule has 0 aliphatic rings. The monoisotopic (exact) mass is 335 g/mol. The van der Waals surface area contributed by atoms with Crippen molar-refractivity contribution >= 4 is 22.6 Å². The van der Waals surface area contributed by atoms with E-state index in [1.807, 2.05) is 0 Å². The first-order chi connectivity index (χ1) is 11.0. The average molecular weight is 336 g/mol. The van der Waals surface area contributed by atoms with Crippen LogP contribution in [0.15, 0.2) is 35.8 Å². The summed E-state index contributed by atoms with van der Waals surface area (Å²) in [4.78, 5) is 12.5. The quantitative estimate of drug-likeness (QED) is 0.680. The van der Waals surface area contributed by atoms with Crippen LogP contribution in [0.1, 0.15) is 0 Å². The minimum atomic E-state index is -0.722. The topological polar surface area (TPSA) is 74.8 Å². The van der Waals surface area contributed by atoms with Crippen LogP contribution in [0.2, 0.25) is 5.02 Å². The van der Waals surface area contributed by atoms with Crippen molar-refractivity contribution < 1.29 is 9.13 Å². The minimum absolute atomic E-state index is 0.0802. The number of rotatable bonds is 4. The van der Waals surface area contributed by atoms with Crippen molar-refractivity contribution in [3.05, 3.63) is 52.2 Å². The van der Waals surface area contributed by atoms with Gasteiger partial charge in [0.15, 0.2) is 11.5 Å². The van der Waals surface area contributed by atoms with Crippen molar-refractivity contribution in [1.29, 1.82) is 0 Å². The van der Waals surface area contributed by atoms with Gasteiger partial charge in [0.2, 0.25) is 0 Å².